The highest BCUT2D eigenvalue weighted by molar-refractivity contribution is 9.10. The second-order valence-electron chi connectivity index (χ2n) is 5.31. The molecular formula is C12H15BrN4. The second kappa shape index (κ2) is 3.78. The van der Waals surface area contributed by atoms with Crippen LogP contribution in [0.5, 0.6) is 0 Å². The lowest BCUT2D eigenvalue weighted by atomic mass is 10.2. The predicted octanol–water partition coefficient (Wildman–Crippen LogP) is 2.38. The summed E-state index contributed by atoms with van der Waals surface area (Å²) < 4.78 is 2.90. The summed E-state index contributed by atoms with van der Waals surface area (Å²) in [6.45, 7) is 5.44. The molecule has 2 aromatic rings. The first-order valence-electron chi connectivity index (χ1n) is 5.77. The Hall–Kier alpha value is -0.940. The fraction of sp³-hybridized carbons (Fsp3) is 0.500. The maximum absolute atomic E-state index is 4.33. The van der Waals surface area contributed by atoms with E-state index >= 15 is 0 Å². The maximum Gasteiger partial charge on any atom is 0.155 e. The Kier molecular flexibility index (Phi) is 2.48. The van der Waals surface area contributed by atoms with Gasteiger partial charge in [0.05, 0.1) is 18.1 Å². The van der Waals surface area contributed by atoms with Crippen LogP contribution in [-0.4, -0.2) is 20.4 Å². The zero-order valence-electron chi connectivity index (χ0n) is 9.94. The predicted molar refractivity (Wildman–Crippen MR) is 69.7 cm³/mol. The number of hydrogen-bond acceptors (Lipinski definition) is 3. The quantitative estimate of drug-likeness (QED) is 0.945. The Morgan fingerprint density at radius 3 is 2.94 bits per heavy atom. The van der Waals surface area contributed by atoms with Gasteiger partial charge in [0.25, 0.3) is 0 Å². The van der Waals surface area contributed by atoms with Gasteiger partial charge in [-0.3, -0.25) is 4.40 Å². The van der Waals surface area contributed by atoms with E-state index in [0.29, 0.717) is 11.5 Å². The third-order valence-corrected chi connectivity index (χ3v) is 3.89. The lowest BCUT2D eigenvalue weighted by molar-refractivity contribution is 0.537. The molecule has 0 aromatic carbocycles. The van der Waals surface area contributed by atoms with E-state index in [4.69, 9.17) is 0 Å². The normalized spacial score (nSPS) is 21.9. The van der Waals surface area contributed by atoms with Crippen molar-refractivity contribution in [1.82, 2.24) is 19.7 Å². The van der Waals surface area contributed by atoms with Gasteiger partial charge in [0.15, 0.2) is 5.65 Å². The summed E-state index contributed by atoms with van der Waals surface area (Å²) in [5.41, 5.74) is 2.52. The summed E-state index contributed by atoms with van der Waals surface area (Å²) in [6, 6.07) is 0.637. The van der Waals surface area contributed by atoms with Crippen LogP contribution in [0.4, 0.5) is 0 Å². The Morgan fingerprint density at radius 1 is 1.47 bits per heavy atom. The molecule has 0 saturated heterocycles. The number of rotatable bonds is 3. The van der Waals surface area contributed by atoms with Gasteiger partial charge in [-0.2, -0.15) is 0 Å². The van der Waals surface area contributed by atoms with Gasteiger partial charge in [-0.1, -0.05) is 13.8 Å². The highest BCUT2D eigenvalue weighted by Gasteiger charge is 2.45. The van der Waals surface area contributed by atoms with E-state index in [9.17, 15) is 0 Å². The summed E-state index contributed by atoms with van der Waals surface area (Å²) in [6.07, 6.45) is 6.90. The summed E-state index contributed by atoms with van der Waals surface area (Å²) in [5.74, 6) is 0. The van der Waals surface area contributed by atoms with Gasteiger partial charge in [-0.25, -0.2) is 9.97 Å². The molecule has 1 aliphatic rings. The van der Waals surface area contributed by atoms with Crippen molar-refractivity contribution in [3.8, 4) is 0 Å². The largest absolute Gasteiger partial charge is 0.308 e. The molecule has 5 heteroatoms. The van der Waals surface area contributed by atoms with Crippen molar-refractivity contribution in [2.75, 3.05) is 0 Å². The van der Waals surface area contributed by atoms with Crippen LogP contribution in [0.15, 0.2) is 23.2 Å². The lowest BCUT2D eigenvalue weighted by Gasteiger charge is -2.06. The number of aromatic nitrogens is 3. The van der Waals surface area contributed by atoms with Crippen LogP contribution in [0.2, 0.25) is 0 Å². The highest BCUT2D eigenvalue weighted by Crippen LogP contribution is 2.44. The van der Waals surface area contributed by atoms with Gasteiger partial charge in [-0.15, -0.1) is 0 Å². The standard InChI is InChI=1S/C12H15BrN4/c1-12(2)3-9(12)14-4-8-5-16-11-6-15-10(13)7-17(8)11/h5-7,9,14H,3-4H2,1-2H3. The van der Waals surface area contributed by atoms with E-state index in [1.807, 2.05) is 12.4 Å². The van der Waals surface area contributed by atoms with E-state index in [1.54, 1.807) is 6.20 Å². The van der Waals surface area contributed by atoms with Crippen LogP contribution in [0.3, 0.4) is 0 Å². The molecule has 0 aliphatic heterocycles. The molecule has 0 amide bonds. The fourth-order valence-electron chi connectivity index (χ4n) is 2.09. The first-order chi connectivity index (χ1) is 8.06. The molecule has 2 aromatic heterocycles. The van der Waals surface area contributed by atoms with E-state index in [2.05, 4.69) is 49.5 Å². The molecule has 1 saturated carbocycles. The van der Waals surface area contributed by atoms with Crippen LogP contribution in [0.25, 0.3) is 5.65 Å². The Morgan fingerprint density at radius 2 is 2.24 bits per heavy atom. The molecule has 1 fully saturated rings. The van der Waals surface area contributed by atoms with Gasteiger partial charge in [0.1, 0.15) is 4.60 Å². The second-order valence-corrected chi connectivity index (χ2v) is 6.13. The number of nitrogens with one attached hydrogen (secondary N) is 1. The van der Waals surface area contributed by atoms with E-state index < -0.39 is 0 Å². The minimum atomic E-state index is 0.461. The average Bonchev–Trinajstić information content (AvgIpc) is 2.71. The topological polar surface area (TPSA) is 42.2 Å². The molecule has 1 atom stereocenters. The Balaban J connectivity index is 1.79. The molecule has 17 heavy (non-hydrogen) atoms. The van der Waals surface area contributed by atoms with Gasteiger partial charge in [0, 0.05) is 18.8 Å². The van der Waals surface area contributed by atoms with E-state index in [0.717, 1.165) is 16.8 Å². The third kappa shape index (κ3) is 2.09. The van der Waals surface area contributed by atoms with Crippen LogP contribution in [-0.2, 0) is 6.54 Å². The Bertz CT molecular complexity index is 561. The first kappa shape index (κ1) is 11.2. The fourth-order valence-corrected chi connectivity index (χ4v) is 2.40. The molecule has 3 rings (SSSR count). The van der Waals surface area contributed by atoms with Gasteiger partial charge < -0.3 is 5.32 Å². The molecular weight excluding hydrogens is 280 g/mol. The average molecular weight is 295 g/mol. The van der Waals surface area contributed by atoms with Crippen LogP contribution in [0.1, 0.15) is 26.0 Å². The van der Waals surface area contributed by atoms with Crippen molar-refractivity contribution in [2.45, 2.75) is 32.9 Å². The van der Waals surface area contributed by atoms with Crippen molar-refractivity contribution >= 4 is 21.6 Å². The number of hydrogen-bond donors (Lipinski definition) is 1. The number of fused-ring (bicyclic) bond motifs is 1. The van der Waals surface area contributed by atoms with E-state index in [-0.39, 0.29) is 0 Å². The number of imidazole rings is 1. The van der Waals surface area contributed by atoms with Gasteiger partial charge in [-0.05, 0) is 27.8 Å². The molecule has 0 spiro atoms. The number of halogens is 1. The number of nitrogens with zero attached hydrogens (tertiary/aromatic N) is 3. The zero-order chi connectivity index (χ0) is 12.0. The molecule has 2 heterocycles. The summed E-state index contributed by atoms with van der Waals surface area (Å²) in [5, 5.41) is 3.56. The minimum absolute atomic E-state index is 0.461. The third-order valence-electron chi connectivity index (χ3n) is 3.48. The summed E-state index contributed by atoms with van der Waals surface area (Å²) >= 11 is 3.38. The monoisotopic (exact) mass is 294 g/mol. The van der Waals surface area contributed by atoms with Crippen LogP contribution >= 0.6 is 15.9 Å². The maximum atomic E-state index is 4.33. The molecule has 1 aliphatic carbocycles. The highest BCUT2D eigenvalue weighted by atomic mass is 79.9. The van der Waals surface area contributed by atoms with Gasteiger partial charge in [0.2, 0.25) is 0 Å². The molecule has 4 nitrogen and oxygen atoms in total. The molecule has 90 valence electrons. The first-order valence-corrected chi connectivity index (χ1v) is 6.56. The Labute approximate surface area is 109 Å². The van der Waals surface area contributed by atoms with Crippen LogP contribution < -0.4 is 5.32 Å². The SMILES string of the molecule is CC1(C)CC1NCc1cnc2cnc(Br)cn12. The van der Waals surface area contributed by atoms with Crippen molar-refractivity contribution in [3.05, 3.63) is 28.9 Å². The lowest BCUT2D eigenvalue weighted by Crippen LogP contribution is -2.20. The van der Waals surface area contributed by atoms with Crippen molar-refractivity contribution < 1.29 is 0 Å². The summed E-state index contributed by atoms with van der Waals surface area (Å²) in [4.78, 5) is 8.50. The summed E-state index contributed by atoms with van der Waals surface area (Å²) in [7, 11) is 0. The van der Waals surface area contributed by atoms with Gasteiger partial charge >= 0.3 is 0 Å². The van der Waals surface area contributed by atoms with Crippen LogP contribution in [0, 0.1) is 5.41 Å². The smallest absolute Gasteiger partial charge is 0.155 e. The van der Waals surface area contributed by atoms with Crippen molar-refractivity contribution in [3.63, 3.8) is 0 Å². The minimum Gasteiger partial charge on any atom is -0.308 e. The van der Waals surface area contributed by atoms with E-state index in [1.165, 1.54) is 12.1 Å². The molecule has 1 unspecified atom stereocenters. The molecule has 1 N–H and O–H groups in total. The molecule has 0 radical (unpaired) electrons. The van der Waals surface area contributed by atoms with Crippen molar-refractivity contribution in [2.24, 2.45) is 5.41 Å². The molecule has 0 bridgehead atoms. The zero-order valence-corrected chi connectivity index (χ0v) is 11.5. The van der Waals surface area contributed by atoms with Crippen molar-refractivity contribution in [1.29, 1.82) is 0 Å².